The molecule has 2 aromatic carbocycles. The molecule has 0 aromatic heterocycles. The smallest absolute Gasteiger partial charge is 0.200 e. The zero-order valence-electron chi connectivity index (χ0n) is 10.0. The zero-order chi connectivity index (χ0) is 15.9. The highest BCUT2D eigenvalue weighted by Gasteiger charge is 2.30. The molecule has 0 heterocycles. The third-order valence-electron chi connectivity index (χ3n) is 2.85. The molecule has 2 rings (SSSR count). The van der Waals surface area contributed by atoms with Crippen LogP contribution in [0.4, 0.5) is 26.3 Å². The Kier molecular flexibility index (Phi) is 4.15. The second-order valence-corrected chi connectivity index (χ2v) is 4.56. The largest absolute Gasteiger partial charge is 0.320 e. The van der Waals surface area contributed by atoms with Crippen LogP contribution in [0.25, 0.3) is 0 Å². The van der Waals surface area contributed by atoms with E-state index in [1.54, 1.807) is 0 Å². The summed E-state index contributed by atoms with van der Waals surface area (Å²) >= 11 is 5.50. The summed E-state index contributed by atoms with van der Waals surface area (Å²) in [4.78, 5) is 0. The van der Waals surface area contributed by atoms with E-state index in [1.807, 2.05) is 0 Å². The van der Waals surface area contributed by atoms with Gasteiger partial charge in [-0.05, 0) is 12.1 Å². The normalized spacial score (nSPS) is 12.6. The first kappa shape index (κ1) is 15.7. The maximum Gasteiger partial charge on any atom is 0.200 e. The van der Waals surface area contributed by atoms with Crippen molar-refractivity contribution in [3.8, 4) is 0 Å². The molecule has 1 unspecified atom stereocenters. The SMILES string of the molecule is NC(c1ccc(Cl)cc1F)c1c(F)c(F)c(F)c(F)c1F. The first-order chi connectivity index (χ1) is 9.75. The summed E-state index contributed by atoms with van der Waals surface area (Å²) in [5, 5.41) is -0.0131. The van der Waals surface area contributed by atoms with Gasteiger partial charge in [0.1, 0.15) is 5.82 Å². The van der Waals surface area contributed by atoms with Crippen LogP contribution in [0.5, 0.6) is 0 Å². The van der Waals surface area contributed by atoms with Crippen molar-refractivity contribution >= 4 is 11.6 Å². The van der Waals surface area contributed by atoms with Crippen LogP contribution in [0.3, 0.4) is 0 Å². The van der Waals surface area contributed by atoms with Gasteiger partial charge in [-0.15, -0.1) is 0 Å². The number of nitrogens with two attached hydrogens (primary N) is 1. The van der Waals surface area contributed by atoms with E-state index in [9.17, 15) is 26.3 Å². The molecule has 2 N–H and O–H groups in total. The van der Waals surface area contributed by atoms with Crippen molar-refractivity contribution in [2.75, 3.05) is 0 Å². The second-order valence-electron chi connectivity index (χ2n) is 4.13. The highest BCUT2D eigenvalue weighted by Crippen LogP contribution is 2.31. The Balaban J connectivity index is 2.66. The van der Waals surface area contributed by atoms with Gasteiger partial charge in [-0.3, -0.25) is 0 Å². The van der Waals surface area contributed by atoms with E-state index in [4.69, 9.17) is 17.3 Å². The molecular weight excluding hydrogens is 320 g/mol. The molecule has 0 aliphatic heterocycles. The Morgan fingerprint density at radius 3 is 1.76 bits per heavy atom. The highest BCUT2D eigenvalue weighted by molar-refractivity contribution is 6.30. The lowest BCUT2D eigenvalue weighted by Crippen LogP contribution is -2.20. The lowest BCUT2D eigenvalue weighted by molar-refractivity contribution is 0.366. The minimum Gasteiger partial charge on any atom is -0.320 e. The molecule has 0 saturated heterocycles. The predicted molar refractivity (Wildman–Crippen MR) is 63.7 cm³/mol. The van der Waals surface area contributed by atoms with Gasteiger partial charge in [0.25, 0.3) is 0 Å². The van der Waals surface area contributed by atoms with Crippen molar-refractivity contribution in [1.29, 1.82) is 0 Å². The summed E-state index contributed by atoms with van der Waals surface area (Å²) < 4.78 is 80.0. The van der Waals surface area contributed by atoms with E-state index in [1.165, 1.54) is 6.07 Å². The summed E-state index contributed by atoms with van der Waals surface area (Å²) in [5.41, 5.74) is 3.67. The molecule has 0 fully saturated rings. The van der Waals surface area contributed by atoms with Gasteiger partial charge in [-0.1, -0.05) is 17.7 Å². The van der Waals surface area contributed by atoms with E-state index in [-0.39, 0.29) is 5.02 Å². The standard InChI is InChI=1S/C13H6ClF6N/c14-4-1-2-5(6(15)3-4)13(21)7-8(16)10(18)12(20)11(19)9(7)17/h1-3,13H,21H2. The number of benzene rings is 2. The van der Waals surface area contributed by atoms with Crippen LogP contribution < -0.4 is 5.73 Å². The maximum absolute atomic E-state index is 13.7. The van der Waals surface area contributed by atoms with Crippen LogP contribution in [0, 0.1) is 34.9 Å². The van der Waals surface area contributed by atoms with Gasteiger partial charge in [0, 0.05) is 10.6 Å². The van der Waals surface area contributed by atoms with Crippen molar-refractivity contribution in [3.63, 3.8) is 0 Å². The summed E-state index contributed by atoms with van der Waals surface area (Å²) in [5.74, 6) is -11.8. The number of hydrogen-bond donors (Lipinski definition) is 1. The minimum atomic E-state index is -2.31. The Labute approximate surface area is 119 Å². The fourth-order valence-corrected chi connectivity index (χ4v) is 1.96. The quantitative estimate of drug-likeness (QED) is 0.499. The van der Waals surface area contributed by atoms with Gasteiger partial charge in [-0.25, -0.2) is 26.3 Å². The van der Waals surface area contributed by atoms with Crippen LogP contribution in [0.15, 0.2) is 18.2 Å². The van der Waals surface area contributed by atoms with E-state index < -0.39 is 52.1 Å². The van der Waals surface area contributed by atoms with Gasteiger partial charge in [-0.2, -0.15) is 0 Å². The van der Waals surface area contributed by atoms with Crippen LogP contribution in [-0.2, 0) is 0 Å². The van der Waals surface area contributed by atoms with Crippen LogP contribution >= 0.6 is 11.6 Å². The van der Waals surface area contributed by atoms with Gasteiger partial charge >= 0.3 is 0 Å². The lowest BCUT2D eigenvalue weighted by atomic mass is 9.97. The van der Waals surface area contributed by atoms with Crippen molar-refractivity contribution < 1.29 is 26.3 Å². The molecule has 21 heavy (non-hydrogen) atoms. The Bertz CT molecular complexity index is 689. The zero-order valence-corrected chi connectivity index (χ0v) is 10.8. The summed E-state index contributed by atoms with van der Waals surface area (Å²) in [6.45, 7) is 0. The average molecular weight is 326 g/mol. The second kappa shape index (κ2) is 5.57. The molecule has 2 aromatic rings. The topological polar surface area (TPSA) is 26.0 Å². The third-order valence-corrected chi connectivity index (χ3v) is 3.09. The van der Waals surface area contributed by atoms with E-state index in [0.717, 1.165) is 12.1 Å². The van der Waals surface area contributed by atoms with Crippen molar-refractivity contribution in [2.45, 2.75) is 6.04 Å². The summed E-state index contributed by atoms with van der Waals surface area (Å²) in [6, 6.07) is 1.10. The molecule has 0 aliphatic carbocycles. The summed E-state index contributed by atoms with van der Waals surface area (Å²) in [6.07, 6.45) is 0. The molecule has 0 aliphatic rings. The molecule has 0 amide bonds. The average Bonchev–Trinajstić information content (AvgIpc) is 2.43. The molecule has 112 valence electrons. The summed E-state index contributed by atoms with van der Waals surface area (Å²) in [7, 11) is 0. The maximum atomic E-state index is 13.7. The molecule has 0 radical (unpaired) electrons. The first-order valence-electron chi connectivity index (χ1n) is 5.47. The molecule has 1 nitrogen and oxygen atoms in total. The van der Waals surface area contributed by atoms with E-state index >= 15 is 0 Å². The van der Waals surface area contributed by atoms with Crippen molar-refractivity contribution in [3.05, 3.63) is 69.3 Å². The fraction of sp³-hybridized carbons (Fsp3) is 0.0769. The highest BCUT2D eigenvalue weighted by atomic mass is 35.5. The fourth-order valence-electron chi connectivity index (χ4n) is 1.80. The lowest BCUT2D eigenvalue weighted by Gasteiger charge is -2.16. The minimum absolute atomic E-state index is 0.0131. The molecule has 1 atom stereocenters. The Morgan fingerprint density at radius 2 is 1.29 bits per heavy atom. The van der Waals surface area contributed by atoms with Crippen molar-refractivity contribution in [1.82, 2.24) is 0 Å². The molecule has 8 heteroatoms. The van der Waals surface area contributed by atoms with E-state index in [2.05, 4.69) is 0 Å². The molecule has 0 spiro atoms. The molecule has 0 bridgehead atoms. The number of rotatable bonds is 2. The predicted octanol–water partition coefficient (Wildman–Crippen LogP) is 4.22. The Morgan fingerprint density at radius 1 is 0.810 bits per heavy atom. The van der Waals surface area contributed by atoms with Crippen LogP contribution in [0.1, 0.15) is 17.2 Å². The third kappa shape index (κ3) is 2.58. The first-order valence-corrected chi connectivity index (χ1v) is 5.85. The van der Waals surface area contributed by atoms with Gasteiger partial charge in [0.15, 0.2) is 23.3 Å². The molecule has 0 saturated carbocycles. The monoisotopic (exact) mass is 325 g/mol. The number of halogens is 7. The Hall–Kier alpha value is -1.73. The van der Waals surface area contributed by atoms with Crippen molar-refractivity contribution in [2.24, 2.45) is 5.73 Å². The van der Waals surface area contributed by atoms with Crippen LogP contribution in [0.2, 0.25) is 5.02 Å². The van der Waals surface area contributed by atoms with Gasteiger partial charge < -0.3 is 5.73 Å². The van der Waals surface area contributed by atoms with Gasteiger partial charge in [0.05, 0.1) is 11.6 Å². The van der Waals surface area contributed by atoms with Gasteiger partial charge in [0.2, 0.25) is 5.82 Å². The molecular formula is C13H6ClF6N. The van der Waals surface area contributed by atoms with Crippen LogP contribution in [-0.4, -0.2) is 0 Å². The number of hydrogen-bond acceptors (Lipinski definition) is 1. The van der Waals surface area contributed by atoms with E-state index in [0.29, 0.717) is 0 Å².